The first-order valence-electron chi connectivity index (χ1n) is 7.83. The van der Waals surface area contributed by atoms with Crippen LogP contribution < -0.4 is 11.1 Å². The van der Waals surface area contributed by atoms with Gasteiger partial charge < -0.3 is 11.1 Å². The number of halogens is 1. The molecule has 0 fully saturated rings. The summed E-state index contributed by atoms with van der Waals surface area (Å²) in [4.78, 5) is 12.1. The topological polar surface area (TPSA) is 55.1 Å². The van der Waals surface area contributed by atoms with Crippen molar-refractivity contribution in [3.63, 3.8) is 0 Å². The fourth-order valence-electron chi connectivity index (χ4n) is 2.90. The molecule has 0 saturated heterocycles. The Labute approximate surface area is 134 Å². The van der Waals surface area contributed by atoms with Crippen LogP contribution in [0.25, 0.3) is 0 Å². The number of nitrogens with one attached hydrogen (secondary N) is 1. The average molecular weight is 311 g/mol. The molecule has 1 aromatic rings. The third-order valence-corrected chi connectivity index (χ3v) is 4.08. The van der Waals surface area contributed by atoms with Gasteiger partial charge in [-0.2, -0.15) is 0 Å². The SMILES string of the molecule is CCCCC(CN)NC(=O)Cc1ccc2c(c1)CCC2.Cl. The molecule has 3 nitrogen and oxygen atoms in total. The first kappa shape index (κ1) is 18.0. The number of unbranched alkanes of at least 4 members (excludes halogenated alkanes) is 1. The van der Waals surface area contributed by atoms with Gasteiger partial charge in [0, 0.05) is 12.6 Å². The Morgan fingerprint density at radius 1 is 1.33 bits per heavy atom. The Balaban J connectivity index is 0.00000220. The lowest BCUT2D eigenvalue weighted by molar-refractivity contribution is -0.121. The van der Waals surface area contributed by atoms with Crippen molar-refractivity contribution < 1.29 is 4.79 Å². The molecule has 1 unspecified atom stereocenters. The van der Waals surface area contributed by atoms with Crippen molar-refractivity contribution in [2.24, 2.45) is 5.73 Å². The molecule has 0 aliphatic heterocycles. The number of nitrogens with two attached hydrogens (primary N) is 1. The molecule has 1 aliphatic rings. The molecule has 2 rings (SSSR count). The lowest BCUT2D eigenvalue weighted by Gasteiger charge is -2.16. The Hall–Kier alpha value is -1.06. The van der Waals surface area contributed by atoms with E-state index in [0.29, 0.717) is 13.0 Å². The Kier molecular flexibility index (Phi) is 7.76. The van der Waals surface area contributed by atoms with Crippen LogP contribution in [0.1, 0.15) is 49.3 Å². The summed E-state index contributed by atoms with van der Waals surface area (Å²) in [5.41, 5.74) is 9.72. The summed E-state index contributed by atoms with van der Waals surface area (Å²) in [5, 5.41) is 3.05. The third kappa shape index (κ3) is 5.33. The van der Waals surface area contributed by atoms with Gasteiger partial charge in [-0.15, -0.1) is 12.4 Å². The minimum absolute atomic E-state index is 0. The molecule has 21 heavy (non-hydrogen) atoms. The van der Waals surface area contributed by atoms with Gasteiger partial charge in [0.25, 0.3) is 0 Å². The normalized spacial score (nSPS) is 14.2. The number of hydrogen-bond donors (Lipinski definition) is 2. The van der Waals surface area contributed by atoms with Gasteiger partial charge in [0.05, 0.1) is 6.42 Å². The fraction of sp³-hybridized carbons (Fsp3) is 0.588. The Bertz CT molecular complexity index is 462. The second-order valence-electron chi connectivity index (χ2n) is 5.78. The van der Waals surface area contributed by atoms with Crippen molar-refractivity contribution in [2.75, 3.05) is 6.54 Å². The van der Waals surface area contributed by atoms with Crippen molar-refractivity contribution >= 4 is 18.3 Å². The molecule has 0 saturated carbocycles. The molecule has 0 bridgehead atoms. The molecule has 4 heteroatoms. The van der Waals surface area contributed by atoms with E-state index >= 15 is 0 Å². The second-order valence-corrected chi connectivity index (χ2v) is 5.78. The van der Waals surface area contributed by atoms with Crippen molar-refractivity contribution in [3.05, 3.63) is 34.9 Å². The van der Waals surface area contributed by atoms with Crippen LogP contribution in [0.15, 0.2) is 18.2 Å². The highest BCUT2D eigenvalue weighted by Crippen LogP contribution is 2.22. The maximum absolute atomic E-state index is 12.1. The Morgan fingerprint density at radius 3 is 2.81 bits per heavy atom. The van der Waals surface area contributed by atoms with Gasteiger partial charge >= 0.3 is 0 Å². The van der Waals surface area contributed by atoms with Crippen LogP contribution in [0.5, 0.6) is 0 Å². The zero-order valence-corrected chi connectivity index (χ0v) is 13.7. The molecule has 0 aromatic heterocycles. The van der Waals surface area contributed by atoms with Crippen LogP contribution >= 0.6 is 12.4 Å². The highest BCUT2D eigenvalue weighted by molar-refractivity contribution is 5.85. The number of hydrogen-bond acceptors (Lipinski definition) is 2. The van der Waals surface area contributed by atoms with Gasteiger partial charge in [0.2, 0.25) is 5.91 Å². The fourth-order valence-corrected chi connectivity index (χ4v) is 2.90. The van der Waals surface area contributed by atoms with Crippen molar-refractivity contribution in [1.82, 2.24) is 5.32 Å². The van der Waals surface area contributed by atoms with Crippen molar-refractivity contribution in [1.29, 1.82) is 0 Å². The van der Waals surface area contributed by atoms with E-state index in [-0.39, 0.29) is 24.4 Å². The molecular weight excluding hydrogens is 284 g/mol. The number of carbonyl (C=O) groups excluding carboxylic acids is 1. The molecular formula is C17H27ClN2O. The van der Waals surface area contributed by atoms with E-state index in [9.17, 15) is 4.79 Å². The smallest absolute Gasteiger partial charge is 0.224 e. The predicted octanol–water partition coefficient (Wildman–Crippen LogP) is 2.77. The van der Waals surface area contributed by atoms with Gasteiger partial charge in [-0.05, 0) is 42.4 Å². The van der Waals surface area contributed by atoms with Gasteiger partial charge in [0.15, 0.2) is 0 Å². The van der Waals surface area contributed by atoms with Gasteiger partial charge in [-0.3, -0.25) is 4.79 Å². The van der Waals surface area contributed by atoms with Gasteiger partial charge in [-0.1, -0.05) is 38.0 Å². The van der Waals surface area contributed by atoms with E-state index in [4.69, 9.17) is 5.73 Å². The Morgan fingerprint density at radius 2 is 2.10 bits per heavy atom. The number of benzene rings is 1. The number of aryl methyl sites for hydroxylation is 2. The highest BCUT2D eigenvalue weighted by Gasteiger charge is 2.14. The summed E-state index contributed by atoms with van der Waals surface area (Å²) in [6.45, 7) is 2.68. The zero-order valence-electron chi connectivity index (χ0n) is 12.9. The lowest BCUT2D eigenvalue weighted by Crippen LogP contribution is -2.40. The first-order valence-corrected chi connectivity index (χ1v) is 7.83. The van der Waals surface area contributed by atoms with E-state index in [1.807, 2.05) is 0 Å². The maximum atomic E-state index is 12.1. The molecule has 0 radical (unpaired) electrons. The molecule has 1 aromatic carbocycles. The average Bonchev–Trinajstić information content (AvgIpc) is 2.90. The minimum Gasteiger partial charge on any atom is -0.352 e. The molecule has 1 amide bonds. The summed E-state index contributed by atoms with van der Waals surface area (Å²) in [6.07, 6.45) is 7.29. The molecule has 3 N–H and O–H groups in total. The summed E-state index contributed by atoms with van der Waals surface area (Å²) >= 11 is 0. The van der Waals surface area contributed by atoms with Crippen LogP contribution in [0.2, 0.25) is 0 Å². The minimum atomic E-state index is 0. The molecule has 1 aliphatic carbocycles. The predicted molar refractivity (Wildman–Crippen MR) is 89.9 cm³/mol. The number of fused-ring (bicyclic) bond motifs is 1. The standard InChI is InChI=1S/C17H26N2O.ClH/c1-2-3-7-16(12-18)19-17(20)11-13-8-9-14-5-4-6-15(14)10-13;/h8-10,16H,2-7,11-12,18H2,1H3,(H,19,20);1H. The summed E-state index contributed by atoms with van der Waals surface area (Å²) < 4.78 is 0. The molecule has 118 valence electrons. The molecule has 1 atom stereocenters. The summed E-state index contributed by atoms with van der Waals surface area (Å²) in [6, 6.07) is 6.60. The van der Waals surface area contributed by atoms with E-state index in [0.717, 1.165) is 31.2 Å². The quantitative estimate of drug-likeness (QED) is 0.813. The van der Waals surface area contributed by atoms with Crippen molar-refractivity contribution in [3.8, 4) is 0 Å². The van der Waals surface area contributed by atoms with Crippen LogP contribution in [-0.2, 0) is 24.1 Å². The molecule has 0 heterocycles. The van der Waals surface area contributed by atoms with E-state index in [1.165, 1.54) is 24.0 Å². The largest absolute Gasteiger partial charge is 0.352 e. The number of rotatable bonds is 7. The van der Waals surface area contributed by atoms with E-state index < -0.39 is 0 Å². The number of amides is 1. The highest BCUT2D eigenvalue weighted by atomic mass is 35.5. The second kappa shape index (κ2) is 9.06. The summed E-state index contributed by atoms with van der Waals surface area (Å²) in [5.74, 6) is 0.0921. The summed E-state index contributed by atoms with van der Waals surface area (Å²) in [7, 11) is 0. The van der Waals surface area contributed by atoms with Crippen molar-refractivity contribution in [2.45, 2.75) is 57.9 Å². The molecule has 0 spiro atoms. The number of carbonyl (C=O) groups is 1. The van der Waals surface area contributed by atoms with Crippen LogP contribution in [0.3, 0.4) is 0 Å². The van der Waals surface area contributed by atoms with Crippen LogP contribution in [-0.4, -0.2) is 18.5 Å². The van der Waals surface area contributed by atoms with Crippen LogP contribution in [0.4, 0.5) is 0 Å². The third-order valence-electron chi connectivity index (χ3n) is 4.08. The van der Waals surface area contributed by atoms with E-state index in [2.05, 4.69) is 30.4 Å². The van der Waals surface area contributed by atoms with Crippen LogP contribution in [0, 0.1) is 0 Å². The van der Waals surface area contributed by atoms with Gasteiger partial charge in [0.1, 0.15) is 0 Å². The van der Waals surface area contributed by atoms with Gasteiger partial charge in [-0.25, -0.2) is 0 Å². The first-order chi connectivity index (χ1) is 9.72. The van der Waals surface area contributed by atoms with E-state index in [1.54, 1.807) is 0 Å². The zero-order chi connectivity index (χ0) is 14.4. The monoisotopic (exact) mass is 310 g/mol. The lowest BCUT2D eigenvalue weighted by atomic mass is 10.0. The maximum Gasteiger partial charge on any atom is 0.224 e.